The third kappa shape index (κ3) is 2.89. The molecule has 0 fully saturated rings. The van der Waals surface area contributed by atoms with Crippen LogP contribution in [0, 0.1) is 0 Å². The van der Waals surface area contributed by atoms with Crippen LogP contribution >= 0.6 is 11.8 Å². The molecule has 4 heteroatoms. The highest BCUT2D eigenvalue weighted by atomic mass is 32.2. The molecule has 0 saturated heterocycles. The third-order valence-corrected chi connectivity index (χ3v) is 3.60. The van der Waals surface area contributed by atoms with Gasteiger partial charge in [0, 0.05) is 29.1 Å². The molecule has 0 aliphatic carbocycles. The van der Waals surface area contributed by atoms with Crippen LogP contribution in [0.1, 0.15) is 18.7 Å². The maximum Gasteiger partial charge on any atom is 0.133 e. The second-order valence-corrected chi connectivity index (χ2v) is 5.04. The number of hydrogen-bond donors (Lipinski definition) is 1. The lowest BCUT2D eigenvalue weighted by atomic mass is 10.1. The molecule has 0 amide bonds. The predicted octanol–water partition coefficient (Wildman–Crippen LogP) is 2.93. The van der Waals surface area contributed by atoms with Gasteiger partial charge in [-0.15, -0.1) is 11.8 Å². The summed E-state index contributed by atoms with van der Waals surface area (Å²) in [6, 6.07) is 10.3. The van der Waals surface area contributed by atoms with Crippen molar-refractivity contribution >= 4 is 11.8 Å². The van der Waals surface area contributed by atoms with Crippen LogP contribution < -0.4 is 5.73 Å². The quantitative estimate of drug-likeness (QED) is 0.858. The van der Waals surface area contributed by atoms with Crippen molar-refractivity contribution in [3.63, 3.8) is 0 Å². The summed E-state index contributed by atoms with van der Waals surface area (Å²) < 4.78 is 0. The Balaban J connectivity index is 2.32. The fraction of sp³-hybridized carbons (Fsp3) is 0.286. The Morgan fingerprint density at radius 3 is 2.56 bits per heavy atom. The third-order valence-electron chi connectivity index (χ3n) is 2.85. The molecule has 0 aliphatic rings. The summed E-state index contributed by atoms with van der Waals surface area (Å²) >= 11 is 1.74. The molecule has 0 saturated carbocycles. The second-order valence-electron chi connectivity index (χ2n) is 4.17. The molecule has 2 aromatic rings. The Kier molecular flexibility index (Phi) is 4.33. The fourth-order valence-electron chi connectivity index (χ4n) is 1.64. The molecule has 0 bridgehead atoms. The molecule has 0 aliphatic heterocycles. The number of benzene rings is 1. The molecular formula is C14H17N3S. The highest BCUT2D eigenvalue weighted by Crippen LogP contribution is 2.22. The van der Waals surface area contributed by atoms with Gasteiger partial charge in [-0.1, -0.05) is 19.1 Å². The van der Waals surface area contributed by atoms with Crippen LogP contribution in [0.25, 0.3) is 11.3 Å². The molecule has 2 N–H and O–H groups in total. The van der Waals surface area contributed by atoms with Crippen molar-refractivity contribution in [3.05, 3.63) is 42.4 Å². The monoisotopic (exact) mass is 259 g/mol. The lowest BCUT2D eigenvalue weighted by Gasteiger charge is -2.08. The van der Waals surface area contributed by atoms with Gasteiger partial charge in [-0.2, -0.15) is 0 Å². The first-order chi connectivity index (χ1) is 8.74. The molecule has 1 heterocycles. The number of nitrogens with two attached hydrogens (primary N) is 1. The molecule has 1 aromatic heterocycles. The van der Waals surface area contributed by atoms with Crippen molar-refractivity contribution < 1.29 is 0 Å². The van der Waals surface area contributed by atoms with Gasteiger partial charge >= 0.3 is 0 Å². The summed E-state index contributed by atoms with van der Waals surface area (Å²) in [5.41, 5.74) is 7.71. The topological polar surface area (TPSA) is 51.8 Å². The van der Waals surface area contributed by atoms with Gasteiger partial charge in [-0.3, -0.25) is 0 Å². The highest BCUT2D eigenvalue weighted by molar-refractivity contribution is 7.98. The summed E-state index contributed by atoms with van der Waals surface area (Å²) in [6.07, 6.45) is 3.87. The molecule has 1 unspecified atom stereocenters. The number of aromatic nitrogens is 2. The average molecular weight is 259 g/mol. The van der Waals surface area contributed by atoms with Crippen molar-refractivity contribution in [1.82, 2.24) is 9.97 Å². The first-order valence-electron chi connectivity index (χ1n) is 5.92. The zero-order valence-corrected chi connectivity index (χ0v) is 11.4. The van der Waals surface area contributed by atoms with Crippen molar-refractivity contribution in [1.29, 1.82) is 0 Å². The summed E-state index contributed by atoms with van der Waals surface area (Å²) in [7, 11) is 0. The van der Waals surface area contributed by atoms with Crippen molar-refractivity contribution in [2.45, 2.75) is 17.7 Å². The zero-order valence-electron chi connectivity index (χ0n) is 10.6. The first-order valence-corrected chi connectivity index (χ1v) is 7.14. The van der Waals surface area contributed by atoms with Crippen molar-refractivity contribution in [2.24, 2.45) is 5.73 Å². The Hall–Kier alpha value is -1.39. The van der Waals surface area contributed by atoms with Gasteiger partial charge in [0.05, 0.1) is 5.69 Å². The normalized spacial score (nSPS) is 12.4. The molecule has 18 heavy (non-hydrogen) atoms. The number of rotatable bonds is 4. The maximum absolute atomic E-state index is 5.65. The molecule has 0 spiro atoms. The van der Waals surface area contributed by atoms with E-state index in [-0.39, 0.29) is 5.92 Å². The standard InChI is InChI=1S/C14H17N3S/c1-10(9-15)14-16-8-7-13(17-14)11-3-5-12(18-2)6-4-11/h3-8,10H,9,15H2,1-2H3. The van der Waals surface area contributed by atoms with E-state index < -0.39 is 0 Å². The van der Waals surface area contributed by atoms with Crippen LogP contribution in [0.4, 0.5) is 0 Å². The lowest BCUT2D eigenvalue weighted by Crippen LogP contribution is -2.12. The van der Waals surface area contributed by atoms with Crippen molar-refractivity contribution in [2.75, 3.05) is 12.8 Å². The molecule has 94 valence electrons. The molecular weight excluding hydrogens is 242 g/mol. The summed E-state index contributed by atoms with van der Waals surface area (Å²) in [5, 5.41) is 0. The van der Waals surface area contributed by atoms with Gasteiger partial charge in [-0.25, -0.2) is 9.97 Å². The van der Waals surface area contributed by atoms with Gasteiger partial charge in [-0.05, 0) is 24.5 Å². The van der Waals surface area contributed by atoms with Crippen LogP contribution in [0.5, 0.6) is 0 Å². The first kappa shape index (κ1) is 13.1. The summed E-state index contributed by atoms with van der Waals surface area (Å²) in [6.45, 7) is 2.60. The van der Waals surface area contributed by atoms with E-state index in [1.165, 1.54) is 4.90 Å². The lowest BCUT2D eigenvalue weighted by molar-refractivity contribution is 0.713. The van der Waals surface area contributed by atoms with Crippen LogP contribution in [0.15, 0.2) is 41.4 Å². The van der Waals surface area contributed by atoms with E-state index in [1.54, 1.807) is 18.0 Å². The van der Waals surface area contributed by atoms with E-state index in [9.17, 15) is 0 Å². The predicted molar refractivity (Wildman–Crippen MR) is 76.7 cm³/mol. The van der Waals surface area contributed by atoms with Gasteiger partial charge in [0.25, 0.3) is 0 Å². The Labute approximate surface area is 112 Å². The minimum absolute atomic E-state index is 0.190. The fourth-order valence-corrected chi connectivity index (χ4v) is 2.05. The van der Waals surface area contributed by atoms with Crippen molar-refractivity contribution in [3.8, 4) is 11.3 Å². The summed E-state index contributed by atoms with van der Waals surface area (Å²) in [4.78, 5) is 10.1. The minimum atomic E-state index is 0.190. The van der Waals surface area contributed by atoms with Gasteiger partial charge < -0.3 is 5.73 Å². The molecule has 0 radical (unpaired) electrons. The maximum atomic E-state index is 5.65. The van der Waals surface area contributed by atoms with E-state index >= 15 is 0 Å². The van der Waals surface area contributed by atoms with E-state index in [0.717, 1.165) is 17.1 Å². The SMILES string of the molecule is CSc1ccc(-c2ccnc(C(C)CN)n2)cc1. The van der Waals surface area contributed by atoms with Crippen LogP contribution in [0.3, 0.4) is 0 Å². The largest absolute Gasteiger partial charge is 0.330 e. The molecule has 1 aromatic carbocycles. The van der Waals surface area contributed by atoms with Crippen LogP contribution in [-0.4, -0.2) is 22.8 Å². The molecule has 3 nitrogen and oxygen atoms in total. The van der Waals surface area contributed by atoms with Gasteiger partial charge in [0.2, 0.25) is 0 Å². The molecule has 1 atom stereocenters. The zero-order chi connectivity index (χ0) is 13.0. The Morgan fingerprint density at radius 1 is 1.22 bits per heavy atom. The summed E-state index contributed by atoms with van der Waals surface area (Å²) in [5.74, 6) is 0.999. The smallest absolute Gasteiger partial charge is 0.133 e. The van der Waals surface area contributed by atoms with Gasteiger partial charge in [0.1, 0.15) is 5.82 Å². The number of nitrogens with zero attached hydrogens (tertiary/aromatic N) is 2. The number of thioether (sulfide) groups is 1. The molecule has 2 rings (SSSR count). The van der Waals surface area contributed by atoms with Crippen LogP contribution in [0.2, 0.25) is 0 Å². The van der Waals surface area contributed by atoms with E-state index in [4.69, 9.17) is 5.73 Å². The highest BCUT2D eigenvalue weighted by Gasteiger charge is 2.08. The minimum Gasteiger partial charge on any atom is -0.330 e. The van der Waals surface area contributed by atoms with E-state index in [1.807, 2.05) is 13.0 Å². The Morgan fingerprint density at radius 2 is 1.94 bits per heavy atom. The second kappa shape index (κ2) is 5.98. The Bertz CT molecular complexity index is 511. The average Bonchev–Trinajstić information content (AvgIpc) is 2.46. The van der Waals surface area contributed by atoms with Crippen LogP contribution in [-0.2, 0) is 0 Å². The van der Waals surface area contributed by atoms with E-state index in [2.05, 4.69) is 40.5 Å². The number of hydrogen-bond acceptors (Lipinski definition) is 4. The van der Waals surface area contributed by atoms with E-state index in [0.29, 0.717) is 6.54 Å². The van der Waals surface area contributed by atoms with Gasteiger partial charge in [0.15, 0.2) is 0 Å².